The summed E-state index contributed by atoms with van der Waals surface area (Å²) >= 11 is 0. The Morgan fingerprint density at radius 2 is 2.00 bits per heavy atom. The summed E-state index contributed by atoms with van der Waals surface area (Å²) in [6.45, 7) is 0.849. The van der Waals surface area contributed by atoms with Crippen molar-refractivity contribution < 1.29 is 13.2 Å². The largest absolute Gasteiger partial charge is 0.473 e. The van der Waals surface area contributed by atoms with Gasteiger partial charge in [0.25, 0.3) is 0 Å². The molecule has 1 unspecified atom stereocenters. The van der Waals surface area contributed by atoms with Gasteiger partial charge in [-0.2, -0.15) is 4.31 Å². The molecule has 1 aliphatic rings. The molecule has 0 radical (unpaired) electrons. The Bertz CT molecular complexity index is 707. The molecule has 1 fully saturated rings. The minimum Gasteiger partial charge on any atom is -0.473 e. The predicted molar refractivity (Wildman–Crippen MR) is 80.9 cm³/mol. The smallest absolute Gasteiger partial charge is 0.243 e. The van der Waals surface area contributed by atoms with Crippen molar-refractivity contribution in [2.45, 2.75) is 23.8 Å². The lowest BCUT2D eigenvalue weighted by molar-refractivity contribution is 0.124. The van der Waals surface area contributed by atoms with Crippen LogP contribution in [-0.2, 0) is 10.0 Å². The van der Waals surface area contributed by atoms with E-state index in [1.54, 1.807) is 42.6 Å². The van der Waals surface area contributed by atoms with Crippen molar-refractivity contribution in [3.05, 3.63) is 48.9 Å². The quantitative estimate of drug-likeness (QED) is 0.858. The van der Waals surface area contributed by atoms with Gasteiger partial charge in [-0.3, -0.25) is 0 Å². The average molecular weight is 319 g/mol. The van der Waals surface area contributed by atoms with E-state index in [4.69, 9.17) is 4.74 Å². The van der Waals surface area contributed by atoms with Gasteiger partial charge in [0.2, 0.25) is 15.9 Å². The molecule has 2 aromatic rings. The van der Waals surface area contributed by atoms with E-state index in [0.29, 0.717) is 23.9 Å². The van der Waals surface area contributed by atoms with Crippen LogP contribution >= 0.6 is 0 Å². The number of sulfonamides is 1. The minimum absolute atomic E-state index is 0.192. The van der Waals surface area contributed by atoms with Crippen LogP contribution in [0.1, 0.15) is 12.8 Å². The molecule has 1 aromatic heterocycles. The van der Waals surface area contributed by atoms with Crippen LogP contribution in [0, 0.1) is 0 Å². The lowest BCUT2D eigenvalue weighted by Crippen LogP contribution is -2.44. The van der Waals surface area contributed by atoms with Crippen molar-refractivity contribution in [3.63, 3.8) is 0 Å². The molecule has 6 nitrogen and oxygen atoms in total. The van der Waals surface area contributed by atoms with E-state index in [2.05, 4.69) is 9.97 Å². The second-order valence-corrected chi connectivity index (χ2v) is 7.04. The van der Waals surface area contributed by atoms with Crippen molar-refractivity contribution >= 4 is 10.0 Å². The normalized spacial score (nSPS) is 19.7. The Kier molecular flexibility index (Phi) is 4.35. The summed E-state index contributed by atoms with van der Waals surface area (Å²) < 4.78 is 32.5. The SMILES string of the molecule is O=S(=O)(c1ccccc1)N1CCCC(Oc2ccncn2)C1. The van der Waals surface area contributed by atoms with Gasteiger partial charge in [-0.1, -0.05) is 18.2 Å². The van der Waals surface area contributed by atoms with Crippen LogP contribution in [0.15, 0.2) is 53.8 Å². The Hall–Kier alpha value is -1.99. The second-order valence-electron chi connectivity index (χ2n) is 5.11. The van der Waals surface area contributed by atoms with Crippen molar-refractivity contribution in [1.82, 2.24) is 14.3 Å². The van der Waals surface area contributed by atoms with Crippen LogP contribution in [0.25, 0.3) is 0 Å². The summed E-state index contributed by atoms with van der Waals surface area (Å²) in [6.07, 6.45) is 4.40. The third kappa shape index (κ3) is 3.26. The fraction of sp³-hybridized carbons (Fsp3) is 0.333. The molecule has 0 aliphatic carbocycles. The zero-order valence-corrected chi connectivity index (χ0v) is 12.8. The lowest BCUT2D eigenvalue weighted by atomic mass is 10.1. The molecular weight excluding hydrogens is 302 g/mol. The third-order valence-corrected chi connectivity index (χ3v) is 5.44. The molecule has 1 aromatic carbocycles. The molecule has 0 amide bonds. The first kappa shape index (κ1) is 14.9. The van der Waals surface area contributed by atoms with Gasteiger partial charge in [-0.05, 0) is 25.0 Å². The molecule has 1 atom stereocenters. The van der Waals surface area contributed by atoms with Crippen molar-refractivity contribution in [1.29, 1.82) is 0 Å². The van der Waals surface area contributed by atoms with Gasteiger partial charge in [-0.15, -0.1) is 0 Å². The molecule has 3 rings (SSSR count). The third-order valence-electron chi connectivity index (χ3n) is 3.56. The highest BCUT2D eigenvalue weighted by molar-refractivity contribution is 7.89. The number of hydrogen-bond acceptors (Lipinski definition) is 5. The van der Waals surface area contributed by atoms with E-state index < -0.39 is 10.0 Å². The fourth-order valence-electron chi connectivity index (χ4n) is 2.48. The first-order chi connectivity index (χ1) is 10.7. The van der Waals surface area contributed by atoms with Crippen molar-refractivity contribution in [2.75, 3.05) is 13.1 Å². The van der Waals surface area contributed by atoms with Gasteiger partial charge in [0.15, 0.2) is 0 Å². The maximum absolute atomic E-state index is 12.6. The van der Waals surface area contributed by atoms with E-state index in [1.165, 1.54) is 10.6 Å². The van der Waals surface area contributed by atoms with Crippen LogP contribution in [0.4, 0.5) is 0 Å². The van der Waals surface area contributed by atoms with Gasteiger partial charge < -0.3 is 4.74 Å². The molecule has 0 bridgehead atoms. The molecule has 2 heterocycles. The monoisotopic (exact) mass is 319 g/mol. The topological polar surface area (TPSA) is 72.4 Å². The highest BCUT2D eigenvalue weighted by Gasteiger charge is 2.31. The summed E-state index contributed by atoms with van der Waals surface area (Å²) in [5.74, 6) is 0.471. The maximum atomic E-state index is 12.6. The molecule has 22 heavy (non-hydrogen) atoms. The van der Waals surface area contributed by atoms with Gasteiger partial charge in [0.05, 0.1) is 11.4 Å². The van der Waals surface area contributed by atoms with Crippen molar-refractivity contribution in [3.8, 4) is 5.88 Å². The molecule has 1 saturated heterocycles. The van der Waals surface area contributed by atoms with Crippen LogP contribution in [0.3, 0.4) is 0 Å². The number of aromatic nitrogens is 2. The molecule has 0 saturated carbocycles. The summed E-state index contributed by atoms with van der Waals surface area (Å²) in [5, 5.41) is 0. The summed E-state index contributed by atoms with van der Waals surface area (Å²) in [6, 6.07) is 10.2. The number of hydrogen-bond donors (Lipinski definition) is 0. The van der Waals surface area contributed by atoms with E-state index in [1.807, 2.05) is 0 Å². The minimum atomic E-state index is -3.47. The highest BCUT2D eigenvalue weighted by Crippen LogP contribution is 2.22. The number of ether oxygens (including phenoxy) is 1. The first-order valence-corrected chi connectivity index (χ1v) is 8.58. The Balaban J connectivity index is 1.73. The van der Waals surface area contributed by atoms with Crippen LogP contribution in [0.5, 0.6) is 5.88 Å². The summed E-state index contributed by atoms with van der Waals surface area (Å²) in [7, 11) is -3.47. The van der Waals surface area contributed by atoms with Crippen molar-refractivity contribution in [2.24, 2.45) is 0 Å². The van der Waals surface area contributed by atoms with Gasteiger partial charge in [-0.25, -0.2) is 18.4 Å². The molecule has 0 N–H and O–H groups in total. The fourth-order valence-corrected chi connectivity index (χ4v) is 4.01. The summed E-state index contributed by atoms with van der Waals surface area (Å²) in [4.78, 5) is 8.17. The summed E-state index contributed by atoms with van der Waals surface area (Å²) in [5.41, 5.74) is 0. The molecule has 7 heteroatoms. The first-order valence-electron chi connectivity index (χ1n) is 7.14. The van der Waals surface area contributed by atoms with Crippen LogP contribution in [-0.4, -0.2) is 41.9 Å². The van der Waals surface area contributed by atoms with Gasteiger partial charge in [0, 0.05) is 18.8 Å². The number of piperidine rings is 1. The standard InChI is InChI=1S/C15H17N3O3S/c19-22(20,14-6-2-1-3-7-14)18-10-4-5-13(11-18)21-15-8-9-16-12-17-15/h1-3,6-9,12-13H,4-5,10-11H2. The Labute approximate surface area is 129 Å². The molecule has 116 valence electrons. The Morgan fingerprint density at radius 1 is 1.18 bits per heavy atom. The van der Waals surface area contributed by atoms with Gasteiger partial charge >= 0.3 is 0 Å². The second kappa shape index (κ2) is 6.41. The van der Waals surface area contributed by atoms with E-state index >= 15 is 0 Å². The Morgan fingerprint density at radius 3 is 2.73 bits per heavy atom. The number of nitrogens with zero attached hydrogens (tertiary/aromatic N) is 3. The zero-order chi connectivity index (χ0) is 15.4. The number of rotatable bonds is 4. The van der Waals surface area contributed by atoms with E-state index in [-0.39, 0.29) is 6.10 Å². The number of benzene rings is 1. The molecular formula is C15H17N3O3S. The van der Waals surface area contributed by atoms with Crippen LogP contribution in [0.2, 0.25) is 0 Å². The molecule has 1 aliphatic heterocycles. The maximum Gasteiger partial charge on any atom is 0.243 e. The van der Waals surface area contributed by atoms with E-state index in [0.717, 1.165) is 12.8 Å². The van der Waals surface area contributed by atoms with Gasteiger partial charge in [0.1, 0.15) is 12.4 Å². The van der Waals surface area contributed by atoms with Crippen LogP contribution < -0.4 is 4.74 Å². The zero-order valence-electron chi connectivity index (χ0n) is 12.0. The van der Waals surface area contributed by atoms with E-state index in [9.17, 15) is 8.42 Å². The average Bonchev–Trinajstić information content (AvgIpc) is 2.57. The predicted octanol–water partition coefficient (Wildman–Crippen LogP) is 1.71. The highest BCUT2D eigenvalue weighted by atomic mass is 32.2. The lowest BCUT2D eigenvalue weighted by Gasteiger charge is -2.31. The molecule has 0 spiro atoms.